The average molecular weight is 337 g/mol. The van der Waals surface area contributed by atoms with Crippen molar-refractivity contribution in [2.45, 2.75) is 33.1 Å². The lowest BCUT2D eigenvalue weighted by atomic mass is 9.88. The van der Waals surface area contributed by atoms with E-state index in [4.69, 9.17) is 4.74 Å². The number of anilines is 1. The number of carbonyl (C=O) groups excluding carboxylic acids is 2. The predicted molar refractivity (Wildman–Crippen MR) is 92.0 cm³/mol. The Balaban J connectivity index is 2.21. The van der Waals surface area contributed by atoms with E-state index in [-0.39, 0.29) is 11.9 Å². The number of carbonyl (C=O) groups is 2. The monoisotopic (exact) mass is 337 g/mol. The summed E-state index contributed by atoms with van der Waals surface area (Å²) >= 11 is 1.52. The number of hydrogen-bond donors (Lipinski definition) is 2. The number of nitrogens with one attached hydrogen (secondary N) is 1. The Labute approximate surface area is 141 Å². The van der Waals surface area contributed by atoms with E-state index in [2.05, 4.69) is 18.8 Å². The Hall–Kier alpha value is -1.66. The fraction of sp³-hybridized carbons (Fsp3) is 0.529. The molecule has 1 aromatic rings. The third-order valence-electron chi connectivity index (χ3n) is 3.91. The molecule has 0 saturated heterocycles. The summed E-state index contributed by atoms with van der Waals surface area (Å²) in [7, 11) is 0. The molecule has 1 amide bonds. The second kappa shape index (κ2) is 8.26. The first kappa shape index (κ1) is 17.7. The third kappa shape index (κ3) is 4.42. The number of esters is 1. The number of ether oxygens (including phenoxy) is 1. The molecular weight excluding hydrogens is 312 g/mol. The highest BCUT2D eigenvalue weighted by atomic mass is 32.1. The van der Waals surface area contributed by atoms with Crippen LogP contribution in [-0.2, 0) is 22.4 Å². The molecule has 0 unspecified atom stereocenters. The molecule has 5 nitrogen and oxygen atoms in total. The number of fused-ring (bicyclic) bond motifs is 1. The van der Waals surface area contributed by atoms with Crippen molar-refractivity contribution < 1.29 is 19.6 Å². The van der Waals surface area contributed by atoms with E-state index in [0.717, 1.165) is 24.8 Å². The summed E-state index contributed by atoms with van der Waals surface area (Å²) in [6.45, 7) is 8.98. The quantitative estimate of drug-likeness (QED) is 0.452. The van der Waals surface area contributed by atoms with Gasteiger partial charge in [-0.05, 0) is 43.7 Å². The van der Waals surface area contributed by atoms with Gasteiger partial charge in [-0.25, -0.2) is 4.79 Å². The van der Waals surface area contributed by atoms with E-state index in [9.17, 15) is 9.59 Å². The van der Waals surface area contributed by atoms with E-state index in [0.29, 0.717) is 36.2 Å². The van der Waals surface area contributed by atoms with Gasteiger partial charge in [0, 0.05) is 4.88 Å². The molecule has 126 valence electrons. The lowest BCUT2D eigenvalue weighted by Gasteiger charge is -2.18. The topological polar surface area (TPSA) is 72.0 Å². The van der Waals surface area contributed by atoms with Gasteiger partial charge in [-0.15, -0.1) is 11.3 Å². The first-order chi connectivity index (χ1) is 11.1. The molecule has 23 heavy (non-hydrogen) atoms. The number of thiophene rings is 1. The molecule has 0 fully saturated rings. The molecular formula is C17H25N2O3S+. The van der Waals surface area contributed by atoms with Crippen LogP contribution in [0.2, 0.25) is 0 Å². The van der Waals surface area contributed by atoms with Crippen LogP contribution >= 0.6 is 11.3 Å². The molecule has 0 bridgehead atoms. The van der Waals surface area contributed by atoms with E-state index in [1.807, 2.05) is 5.32 Å². The van der Waals surface area contributed by atoms with Crippen LogP contribution in [0.25, 0.3) is 0 Å². The van der Waals surface area contributed by atoms with Crippen LogP contribution in [0.4, 0.5) is 5.00 Å². The standard InChI is InChI=1S/C17H24N2O3S/c1-4-8-18-10-14(20)19-16-15(17(21)22-5-2)12-7-6-11(3)9-13(12)23-16/h4,11,18H,1,5-10H2,2-3H3,(H,19,20)/p+1/t11-/m0/s1. The minimum absolute atomic E-state index is 0.107. The molecule has 0 radical (unpaired) electrons. The van der Waals surface area contributed by atoms with Gasteiger partial charge >= 0.3 is 5.97 Å². The molecule has 1 aliphatic carbocycles. The van der Waals surface area contributed by atoms with Crippen molar-refractivity contribution in [1.29, 1.82) is 0 Å². The number of amides is 1. The van der Waals surface area contributed by atoms with Gasteiger partial charge in [-0.2, -0.15) is 0 Å². The number of hydrogen-bond acceptors (Lipinski definition) is 4. The summed E-state index contributed by atoms with van der Waals surface area (Å²) in [5.74, 6) is 0.176. The van der Waals surface area contributed by atoms with E-state index in [1.54, 1.807) is 13.0 Å². The van der Waals surface area contributed by atoms with Crippen molar-refractivity contribution in [3.63, 3.8) is 0 Å². The smallest absolute Gasteiger partial charge is 0.341 e. The summed E-state index contributed by atoms with van der Waals surface area (Å²) < 4.78 is 5.20. The normalized spacial score (nSPS) is 16.5. The maximum atomic E-state index is 12.3. The van der Waals surface area contributed by atoms with E-state index >= 15 is 0 Å². The molecule has 6 heteroatoms. The van der Waals surface area contributed by atoms with Crippen LogP contribution in [0.5, 0.6) is 0 Å². The number of rotatable bonds is 7. The van der Waals surface area contributed by atoms with E-state index in [1.165, 1.54) is 16.2 Å². The zero-order valence-corrected chi connectivity index (χ0v) is 14.6. The second-order valence-electron chi connectivity index (χ2n) is 5.84. The van der Waals surface area contributed by atoms with Crippen molar-refractivity contribution in [3.8, 4) is 0 Å². The fourth-order valence-electron chi connectivity index (χ4n) is 2.77. The number of quaternary nitrogens is 1. The molecule has 3 N–H and O–H groups in total. The van der Waals surface area contributed by atoms with Crippen LogP contribution in [0.3, 0.4) is 0 Å². The summed E-state index contributed by atoms with van der Waals surface area (Å²) in [6.07, 6.45) is 4.66. The van der Waals surface area contributed by atoms with Crippen molar-refractivity contribution in [2.24, 2.45) is 5.92 Å². The van der Waals surface area contributed by atoms with Crippen LogP contribution in [0.15, 0.2) is 12.7 Å². The van der Waals surface area contributed by atoms with E-state index < -0.39 is 0 Å². The van der Waals surface area contributed by atoms with Gasteiger partial charge in [-0.3, -0.25) is 4.79 Å². The largest absolute Gasteiger partial charge is 0.462 e. The van der Waals surface area contributed by atoms with Crippen LogP contribution < -0.4 is 10.6 Å². The van der Waals surface area contributed by atoms with Crippen LogP contribution in [0, 0.1) is 5.92 Å². The molecule has 0 aliphatic heterocycles. The Morgan fingerprint density at radius 3 is 3.00 bits per heavy atom. The molecule has 0 saturated carbocycles. The first-order valence-corrected chi connectivity index (χ1v) is 8.92. The van der Waals surface area contributed by atoms with Gasteiger partial charge < -0.3 is 15.4 Å². The maximum absolute atomic E-state index is 12.3. The van der Waals surface area contributed by atoms with Crippen molar-refractivity contribution in [3.05, 3.63) is 28.7 Å². The fourth-order valence-corrected chi connectivity index (χ4v) is 4.18. The highest BCUT2D eigenvalue weighted by Crippen LogP contribution is 2.39. The molecule has 1 aliphatic rings. The van der Waals surface area contributed by atoms with Gasteiger partial charge in [0.15, 0.2) is 6.54 Å². The average Bonchev–Trinajstić information content (AvgIpc) is 2.84. The third-order valence-corrected chi connectivity index (χ3v) is 5.08. The lowest BCUT2D eigenvalue weighted by molar-refractivity contribution is -0.634. The SMILES string of the molecule is C=CC[NH2+]CC(=O)Nc1sc2c(c1C(=O)OCC)CC[C@H](C)C2. The highest BCUT2D eigenvalue weighted by molar-refractivity contribution is 7.17. The summed E-state index contributed by atoms with van der Waals surface area (Å²) in [4.78, 5) is 25.6. The van der Waals surface area contributed by atoms with Gasteiger partial charge in [0.25, 0.3) is 5.91 Å². The molecule has 1 heterocycles. The minimum atomic E-state index is -0.329. The molecule has 2 rings (SSSR count). The maximum Gasteiger partial charge on any atom is 0.341 e. The summed E-state index contributed by atoms with van der Waals surface area (Å²) in [5.41, 5.74) is 1.63. The van der Waals surface area contributed by atoms with Gasteiger partial charge in [0.05, 0.1) is 18.7 Å². The van der Waals surface area contributed by atoms with Gasteiger partial charge in [-0.1, -0.05) is 13.5 Å². The molecule has 0 aromatic carbocycles. The van der Waals surface area contributed by atoms with Gasteiger partial charge in [0.2, 0.25) is 0 Å². The first-order valence-electron chi connectivity index (χ1n) is 8.10. The van der Waals surface area contributed by atoms with Crippen molar-refractivity contribution in [2.75, 3.05) is 25.0 Å². The van der Waals surface area contributed by atoms with Crippen LogP contribution in [-0.4, -0.2) is 31.6 Å². The highest BCUT2D eigenvalue weighted by Gasteiger charge is 2.29. The lowest BCUT2D eigenvalue weighted by Crippen LogP contribution is -2.86. The molecule has 1 atom stereocenters. The Morgan fingerprint density at radius 2 is 2.30 bits per heavy atom. The summed E-state index contributed by atoms with van der Waals surface area (Å²) in [6, 6.07) is 0. The molecule has 1 aromatic heterocycles. The Morgan fingerprint density at radius 1 is 1.52 bits per heavy atom. The predicted octanol–water partition coefficient (Wildman–Crippen LogP) is 1.74. The van der Waals surface area contributed by atoms with Gasteiger partial charge in [0.1, 0.15) is 5.00 Å². The van der Waals surface area contributed by atoms with Crippen molar-refractivity contribution in [1.82, 2.24) is 0 Å². The zero-order chi connectivity index (χ0) is 16.8. The Kier molecular flexibility index (Phi) is 6.36. The Bertz CT molecular complexity index is 595. The number of nitrogens with two attached hydrogens (primary N) is 1. The van der Waals surface area contributed by atoms with Crippen LogP contribution in [0.1, 0.15) is 41.1 Å². The minimum Gasteiger partial charge on any atom is -0.462 e. The molecule has 0 spiro atoms. The zero-order valence-electron chi connectivity index (χ0n) is 13.8. The van der Waals surface area contributed by atoms with Crippen molar-refractivity contribution >= 4 is 28.2 Å². The summed E-state index contributed by atoms with van der Waals surface area (Å²) in [5, 5.41) is 5.40. The second-order valence-corrected chi connectivity index (χ2v) is 6.95.